The molecule has 0 spiro atoms. The second-order valence-electron chi connectivity index (χ2n) is 6.25. The largest absolute Gasteiger partial charge is 0.357 e. The van der Waals surface area contributed by atoms with Crippen LogP contribution in [0.25, 0.3) is 10.6 Å². The summed E-state index contributed by atoms with van der Waals surface area (Å²) in [6, 6.07) is 14.1. The van der Waals surface area contributed by atoms with Crippen LogP contribution in [0.4, 0.5) is 0 Å². The molecule has 0 amide bonds. The molecule has 28 heavy (non-hydrogen) atoms. The van der Waals surface area contributed by atoms with E-state index < -0.39 is 0 Å². The van der Waals surface area contributed by atoms with E-state index in [1.54, 1.807) is 17.5 Å². The fourth-order valence-corrected chi connectivity index (χ4v) is 3.76. The van der Waals surface area contributed by atoms with Crippen LogP contribution in [0.5, 0.6) is 0 Å². The third-order valence-electron chi connectivity index (χ3n) is 4.13. The standard InChI is InChI=1S/C21H24ClN5S/c1-3-23-21(24-12-11-16-9-10-19(22)25-13-16)26-14-18-15(2)27-20(28-18)17-7-5-4-6-8-17/h4-10,13H,3,11-12,14H2,1-2H3,(H2,23,24,26). The smallest absolute Gasteiger partial charge is 0.191 e. The van der Waals surface area contributed by atoms with Crippen molar-refractivity contribution in [2.75, 3.05) is 13.1 Å². The number of halogens is 1. The topological polar surface area (TPSA) is 62.2 Å². The summed E-state index contributed by atoms with van der Waals surface area (Å²) in [6.07, 6.45) is 2.66. The normalized spacial score (nSPS) is 11.5. The van der Waals surface area contributed by atoms with Crippen molar-refractivity contribution in [1.82, 2.24) is 20.6 Å². The Morgan fingerprint density at radius 1 is 1.14 bits per heavy atom. The summed E-state index contributed by atoms with van der Waals surface area (Å²) < 4.78 is 0. The molecule has 146 valence electrons. The van der Waals surface area contributed by atoms with Crippen LogP contribution in [0.3, 0.4) is 0 Å². The fraction of sp³-hybridized carbons (Fsp3) is 0.286. The second kappa shape index (κ2) is 10.2. The van der Waals surface area contributed by atoms with Crippen molar-refractivity contribution in [2.45, 2.75) is 26.8 Å². The second-order valence-corrected chi connectivity index (χ2v) is 7.73. The number of pyridine rings is 1. The Morgan fingerprint density at radius 2 is 1.96 bits per heavy atom. The molecule has 0 aliphatic rings. The van der Waals surface area contributed by atoms with Crippen LogP contribution in [0.1, 0.15) is 23.1 Å². The first kappa shape index (κ1) is 20.3. The summed E-state index contributed by atoms with van der Waals surface area (Å²) in [5.41, 5.74) is 3.32. The van der Waals surface area contributed by atoms with Gasteiger partial charge < -0.3 is 10.6 Å². The van der Waals surface area contributed by atoms with Crippen LogP contribution in [-0.4, -0.2) is 29.0 Å². The molecule has 0 saturated carbocycles. The third kappa shape index (κ3) is 5.78. The fourth-order valence-electron chi connectivity index (χ4n) is 2.65. The lowest BCUT2D eigenvalue weighted by Gasteiger charge is -2.11. The average Bonchev–Trinajstić information content (AvgIpc) is 3.09. The molecule has 0 radical (unpaired) electrons. The van der Waals surface area contributed by atoms with Crippen LogP contribution < -0.4 is 10.6 Å². The molecule has 0 fully saturated rings. The first-order valence-corrected chi connectivity index (χ1v) is 10.5. The minimum Gasteiger partial charge on any atom is -0.357 e. The lowest BCUT2D eigenvalue weighted by atomic mass is 10.2. The number of aryl methyl sites for hydroxylation is 1. The molecule has 0 saturated heterocycles. The number of aromatic nitrogens is 2. The van der Waals surface area contributed by atoms with Crippen molar-refractivity contribution in [3.8, 4) is 10.6 Å². The van der Waals surface area contributed by atoms with E-state index in [2.05, 4.69) is 34.7 Å². The quantitative estimate of drug-likeness (QED) is 0.341. The van der Waals surface area contributed by atoms with E-state index in [0.29, 0.717) is 11.7 Å². The summed E-state index contributed by atoms with van der Waals surface area (Å²) in [5, 5.41) is 8.22. The summed E-state index contributed by atoms with van der Waals surface area (Å²) in [7, 11) is 0. The number of nitrogens with one attached hydrogen (secondary N) is 2. The first-order valence-electron chi connectivity index (χ1n) is 9.30. The Balaban J connectivity index is 1.61. The molecule has 2 heterocycles. The van der Waals surface area contributed by atoms with Crippen LogP contribution >= 0.6 is 22.9 Å². The number of guanidine groups is 1. The third-order valence-corrected chi connectivity index (χ3v) is 5.55. The number of nitrogens with zero attached hydrogens (tertiary/aromatic N) is 3. The lowest BCUT2D eigenvalue weighted by Crippen LogP contribution is -2.38. The number of rotatable bonds is 7. The Bertz CT molecular complexity index is 906. The SMILES string of the molecule is CCNC(=NCc1sc(-c2ccccc2)nc1C)NCCc1ccc(Cl)nc1. The first-order chi connectivity index (χ1) is 13.7. The van der Waals surface area contributed by atoms with E-state index in [1.165, 1.54) is 4.88 Å². The Hall–Kier alpha value is -2.44. The molecule has 1 aromatic carbocycles. The van der Waals surface area contributed by atoms with Gasteiger partial charge in [-0.05, 0) is 31.9 Å². The van der Waals surface area contributed by atoms with Gasteiger partial charge in [-0.1, -0.05) is 48.0 Å². The van der Waals surface area contributed by atoms with Crippen molar-refractivity contribution < 1.29 is 0 Å². The molecule has 3 aromatic rings. The molecule has 2 N–H and O–H groups in total. The number of hydrogen-bond donors (Lipinski definition) is 2. The van der Waals surface area contributed by atoms with Crippen LogP contribution in [-0.2, 0) is 13.0 Å². The predicted molar refractivity (Wildman–Crippen MR) is 118 cm³/mol. The molecule has 3 rings (SSSR count). The van der Waals surface area contributed by atoms with Crippen molar-refractivity contribution in [3.05, 3.63) is 69.9 Å². The van der Waals surface area contributed by atoms with E-state index in [0.717, 1.165) is 47.3 Å². The Kier molecular flexibility index (Phi) is 7.39. The monoisotopic (exact) mass is 413 g/mol. The van der Waals surface area contributed by atoms with Gasteiger partial charge in [-0.3, -0.25) is 0 Å². The van der Waals surface area contributed by atoms with Gasteiger partial charge >= 0.3 is 0 Å². The van der Waals surface area contributed by atoms with Gasteiger partial charge in [0.15, 0.2) is 5.96 Å². The molecular weight excluding hydrogens is 390 g/mol. The van der Waals surface area contributed by atoms with Crippen LogP contribution in [0.2, 0.25) is 5.15 Å². The van der Waals surface area contributed by atoms with E-state index in [1.807, 2.05) is 37.3 Å². The molecule has 0 unspecified atom stereocenters. The van der Waals surface area contributed by atoms with E-state index in [4.69, 9.17) is 21.6 Å². The maximum atomic E-state index is 5.83. The maximum absolute atomic E-state index is 5.83. The van der Waals surface area contributed by atoms with E-state index in [9.17, 15) is 0 Å². The molecular formula is C21H24ClN5S. The van der Waals surface area contributed by atoms with Gasteiger partial charge in [0.2, 0.25) is 0 Å². The molecule has 0 atom stereocenters. The van der Waals surface area contributed by atoms with Crippen LogP contribution in [0, 0.1) is 6.92 Å². The van der Waals surface area contributed by atoms with Crippen molar-refractivity contribution >= 4 is 28.9 Å². The van der Waals surface area contributed by atoms with Gasteiger partial charge in [0, 0.05) is 29.7 Å². The number of hydrogen-bond acceptors (Lipinski definition) is 4. The zero-order chi connectivity index (χ0) is 19.8. The highest BCUT2D eigenvalue weighted by molar-refractivity contribution is 7.15. The molecule has 0 bridgehead atoms. The van der Waals surface area contributed by atoms with Crippen molar-refractivity contribution in [1.29, 1.82) is 0 Å². The Morgan fingerprint density at radius 3 is 2.68 bits per heavy atom. The molecule has 0 aliphatic heterocycles. The van der Waals surface area contributed by atoms with E-state index >= 15 is 0 Å². The van der Waals surface area contributed by atoms with Gasteiger partial charge in [-0.2, -0.15) is 0 Å². The van der Waals surface area contributed by atoms with E-state index in [-0.39, 0.29) is 0 Å². The highest BCUT2D eigenvalue weighted by Gasteiger charge is 2.09. The van der Waals surface area contributed by atoms with Gasteiger partial charge in [0.25, 0.3) is 0 Å². The molecule has 0 aliphatic carbocycles. The number of aliphatic imine (C=N–C) groups is 1. The van der Waals surface area contributed by atoms with Gasteiger partial charge in [0.1, 0.15) is 10.2 Å². The highest BCUT2D eigenvalue weighted by Crippen LogP contribution is 2.28. The van der Waals surface area contributed by atoms with Crippen LogP contribution in [0.15, 0.2) is 53.7 Å². The summed E-state index contributed by atoms with van der Waals surface area (Å²) in [4.78, 5) is 14.7. The number of benzene rings is 1. The summed E-state index contributed by atoms with van der Waals surface area (Å²) >= 11 is 7.53. The van der Waals surface area contributed by atoms with Crippen molar-refractivity contribution in [2.24, 2.45) is 4.99 Å². The van der Waals surface area contributed by atoms with Gasteiger partial charge in [0.05, 0.1) is 12.2 Å². The highest BCUT2D eigenvalue weighted by atomic mass is 35.5. The zero-order valence-corrected chi connectivity index (χ0v) is 17.6. The molecule has 7 heteroatoms. The van der Waals surface area contributed by atoms with Gasteiger partial charge in [-0.15, -0.1) is 11.3 Å². The minimum atomic E-state index is 0.515. The summed E-state index contributed by atoms with van der Waals surface area (Å²) in [6.45, 7) is 6.29. The minimum absolute atomic E-state index is 0.515. The Labute approximate surface area is 174 Å². The van der Waals surface area contributed by atoms with Gasteiger partial charge in [-0.25, -0.2) is 15.0 Å². The average molecular weight is 414 g/mol. The zero-order valence-electron chi connectivity index (χ0n) is 16.1. The lowest BCUT2D eigenvalue weighted by molar-refractivity contribution is 0.798. The number of thiazole rings is 1. The summed E-state index contributed by atoms with van der Waals surface area (Å²) in [5.74, 6) is 0.804. The predicted octanol–water partition coefficient (Wildman–Crippen LogP) is 4.46. The maximum Gasteiger partial charge on any atom is 0.191 e. The molecule has 2 aromatic heterocycles. The van der Waals surface area contributed by atoms with Crippen molar-refractivity contribution in [3.63, 3.8) is 0 Å². The molecule has 5 nitrogen and oxygen atoms in total.